The van der Waals surface area contributed by atoms with E-state index in [1.54, 1.807) is 12.1 Å². The average molecular weight is 389 g/mol. The molecular formula is C19H20FN3O3S. The Balaban J connectivity index is 1.50. The van der Waals surface area contributed by atoms with Crippen LogP contribution in [0.5, 0.6) is 0 Å². The minimum absolute atomic E-state index is 0.0140. The van der Waals surface area contributed by atoms with Crippen LogP contribution in [0.3, 0.4) is 0 Å². The molecule has 1 saturated carbocycles. The molecule has 1 aliphatic heterocycles. The Morgan fingerprint density at radius 1 is 1.11 bits per heavy atom. The highest BCUT2D eigenvalue weighted by atomic mass is 32.2. The summed E-state index contributed by atoms with van der Waals surface area (Å²) in [6.45, 7) is 1.32. The Morgan fingerprint density at radius 3 is 2.56 bits per heavy atom. The van der Waals surface area contributed by atoms with Crippen LogP contribution in [0.4, 0.5) is 10.1 Å². The van der Waals surface area contributed by atoms with Gasteiger partial charge in [0.25, 0.3) is 5.91 Å². The predicted octanol–water partition coefficient (Wildman–Crippen LogP) is 2.16. The fraction of sp³-hybridized carbons (Fsp3) is 0.316. The standard InChI is InChI=1S/C19H20FN3O3S/c20-18-16-9-10-21-11-13(16)3-8-17(18)22-19(24)12-1-6-15(7-2-12)27(25,26)23-14-4-5-14/h1-3,6-8,14,21,23H,4-5,9-11H2,(H,22,24). The third-order valence-corrected chi connectivity index (χ3v) is 6.32. The number of hydrogen-bond acceptors (Lipinski definition) is 4. The van der Waals surface area contributed by atoms with Gasteiger partial charge in [-0.25, -0.2) is 17.5 Å². The molecule has 0 aromatic heterocycles. The Morgan fingerprint density at radius 2 is 1.85 bits per heavy atom. The zero-order valence-electron chi connectivity index (χ0n) is 14.6. The van der Waals surface area contributed by atoms with E-state index in [1.807, 2.05) is 0 Å². The van der Waals surface area contributed by atoms with Gasteiger partial charge in [-0.15, -0.1) is 0 Å². The zero-order chi connectivity index (χ0) is 19.0. The summed E-state index contributed by atoms with van der Waals surface area (Å²) in [5.41, 5.74) is 1.92. The number of carbonyl (C=O) groups is 1. The van der Waals surface area contributed by atoms with E-state index in [0.29, 0.717) is 25.1 Å². The van der Waals surface area contributed by atoms with Gasteiger partial charge in [0.05, 0.1) is 10.6 Å². The monoisotopic (exact) mass is 389 g/mol. The number of nitrogens with one attached hydrogen (secondary N) is 3. The Hall–Kier alpha value is -2.29. The zero-order valence-corrected chi connectivity index (χ0v) is 15.4. The number of carbonyl (C=O) groups excluding carboxylic acids is 1. The van der Waals surface area contributed by atoms with Crippen LogP contribution in [0.1, 0.15) is 34.3 Å². The van der Waals surface area contributed by atoms with Crippen molar-refractivity contribution in [2.24, 2.45) is 0 Å². The number of hydrogen-bond donors (Lipinski definition) is 3. The first kappa shape index (κ1) is 18.1. The second-order valence-corrected chi connectivity index (χ2v) is 8.58. The van der Waals surface area contributed by atoms with Crippen molar-refractivity contribution in [2.75, 3.05) is 11.9 Å². The maximum Gasteiger partial charge on any atom is 0.255 e. The van der Waals surface area contributed by atoms with Crippen molar-refractivity contribution >= 4 is 21.6 Å². The predicted molar refractivity (Wildman–Crippen MR) is 99.5 cm³/mol. The van der Waals surface area contributed by atoms with Crippen LogP contribution in [0.15, 0.2) is 41.3 Å². The average Bonchev–Trinajstić information content (AvgIpc) is 3.47. The van der Waals surface area contributed by atoms with E-state index in [2.05, 4.69) is 15.4 Å². The first-order valence-electron chi connectivity index (χ1n) is 8.89. The summed E-state index contributed by atoms with van der Waals surface area (Å²) in [6, 6.07) is 8.99. The van der Waals surface area contributed by atoms with Crippen molar-refractivity contribution in [1.82, 2.24) is 10.0 Å². The highest BCUT2D eigenvalue weighted by Crippen LogP contribution is 2.25. The van der Waals surface area contributed by atoms with E-state index in [-0.39, 0.29) is 22.2 Å². The molecule has 27 heavy (non-hydrogen) atoms. The van der Waals surface area contributed by atoms with Gasteiger partial charge in [0.2, 0.25) is 10.0 Å². The molecule has 6 nitrogen and oxygen atoms in total. The van der Waals surface area contributed by atoms with Crippen molar-refractivity contribution in [3.63, 3.8) is 0 Å². The number of halogens is 1. The lowest BCUT2D eigenvalue weighted by molar-refractivity contribution is 0.102. The van der Waals surface area contributed by atoms with Crippen LogP contribution < -0.4 is 15.4 Å². The molecule has 4 rings (SSSR count). The quantitative estimate of drug-likeness (QED) is 0.731. The highest BCUT2D eigenvalue weighted by molar-refractivity contribution is 7.89. The van der Waals surface area contributed by atoms with Gasteiger partial charge in [0, 0.05) is 18.2 Å². The molecule has 0 spiro atoms. The van der Waals surface area contributed by atoms with Gasteiger partial charge >= 0.3 is 0 Å². The van der Waals surface area contributed by atoms with E-state index in [1.165, 1.54) is 24.3 Å². The number of sulfonamides is 1. The normalized spacial score (nSPS) is 16.6. The second-order valence-electron chi connectivity index (χ2n) is 6.87. The highest BCUT2D eigenvalue weighted by Gasteiger charge is 2.28. The fourth-order valence-corrected chi connectivity index (χ4v) is 4.40. The summed E-state index contributed by atoms with van der Waals surface area (Å²) in [5, 5.41) is 5.76. The molecule has 0 unspecified atom stereocenters. The Bertz CT molecular complexity index is 986. The Kier molecular flexibility index (Phi) is 4.71. The summed E-state index contributed by atoms with van der Waals surface area (Å²) >= 11 is 0. The van der Waals surface area contributed by atoms with E-state index in [0.717, 1.165) is 18.4 Å². The molecule has 0 bridgehead atoms. The van der Waals surface area contributed by atoms with Crippen molar-refractivity contribution in [3.05, 3.63) is 58.9 Å². The molecule has 0 saturated heterocycles. The maximum absolute atomic E-state index is 14.6. The summed E-state index contributed by atoms with van der Waals surface area (Å²) in [7, 11) is -3.56. The van der Waals surface area contributed by atoms with Crippen molar-refractivity contribution < 1.29 is 17.6 Å². The van der Waals surface area contributed by atoms with Crippen LogP contribution in [-0.2, 0) is 23.0 Å². The third kappa shape index (κ3) is 3.87. The van der Waals surface area contributed by atoms with Crippen molar-refractivity contribution in [1.29, 1.82) is 0 Å². The number of fused-ring (bicyclic) bond motifs is 1. The molecule has 0 radical (unpaired) electrons. The first-order chi connectivity index (χ1) is 12.9. The van der Waals surface area contributed by atoms with E-state index < -0.39 is 21.7 Å². The summed E-state index contributed by atoms with van der Waals surface area (Å²) < 4.78 is 41.6. The number of rotatable bonds is 5. The van der Waals surface area contributed by atoms with E-state index >= 15 is 0 Å². The largest absolute Gasteiger partial charge is 0.319 e. The molecule has 2 aliphatic rings. The molecule has 2 aromatic carbocycles. The Labute approximate surface area is 157 Å². The van der Waals surface area contributed by atoms with Gasteiger partial charge in [-0.1, -0.05) is 6.07 Å². The van der Waals surface area contributed by atoms with Gasteiger partial charge < -0.3 is 10.6 Å². The molecule has 1 fully saturated rings. The molecular weight excluding hydrogens is 369 g/mol. The molecule has 0 atom stereocenters. The van der Waals surface area contributed by atoms with Gasteiger partial charge in [0.1, 0.15) is 5.82 Å². The van der Waals surface area contributed by atoms with Crippen LogP contribution in [0.2, 0.25) is 0 Å². The van der Waals surface area contributed by atoms with Crippen molar-refractivity contribution in [3.8, 4) is 0 Å². The third-order valence-electron chi connectivity index (χ3n) is 4.78. The smallest absolute Gasteiger partial charge is 0.255 e. The molecule has 1 heterocycles. The summed E-state index contributed by atoms with van der Waals surface area (Å²) in [5.74, 6) is -0.892. The summed E-state index contributed by atoms with van der Waals surface area (Å²) in [4.78, 5) is 12.5. The molecule has 1 aliphatic carbocycles. The lowest BCUT2D eigenvalue weighted by Gasteiger charge is -2.19. The molecule has 3 N–H and O–H groups in total. The molecule has 1 amide bonds. The van der Waals surface area contributed by atoms with Crippen LogP contribution >= 0.6 is 0 Å². The topological polar surface area (TPSA) is 87.3 Å². The van der Waals surface area contributed by atoms with E-state index in [9.17, 15) is 17.6 Å². The number of benzene rings is 2. The second kappa shape index (κ2) is 7.03. The van der Waals surface area contributed by atoms with E-state index in [4.69, 9.17) is 0 Å². The SMILES string of the molecule is O=C(Nc1ccc2c(c1F)CCNC2)c1ccc(S(=O)(=O)NC2CC2)cc1. The van der Waals surface area contributed by atoms with Crippen LogP contribution in [-0.4, -0.2) is 26.9 Å². The van der Waals surface area contributed by atoms with Gasteiger partial charge in [-0.05, 0) is 67.3 Å². The minimum atomic E-state index is -3.56. The first-order valence-corrected chi connectivity index (χ1v) is 10.4. The minimum Gasteiger partial charge on any atom is -0.319 e. The van der Waals surface area contributed by atoms with Crippen LogP contribution in [0.25, 0.3) is 0 Å². The molecule has 142 valence electrons. The van der Waals surface area contributed by atoms with Gasteiger partial charge in [-0.3, -0.25) is 4.79 Å². The maximum atomic E-state index is 14.6. The van der Waals surface area contributed by atoms with Gasteiger partial charge in [-0.2, -0.15) is 0 Å². The molecule has 2 aromatic rings. The fourth-order valence-electron chi connectivity index (χ4n) is 3.10. The van der Waals surface area contributed by atoms with Gasteiger partial charge in [0.15, 0.2) is 0 Å². The lowest BCUT2D eigenvalue weighted by Crippen LogP contribution is -2.26. The number of anilines is 1. The molecule has 8 heteroatoms. The van der Waals surface area contributed by atoms with Crippen LogP contribution in [0, 0.1) is 5.82 Å². The lowest BCUT2D eigenvalue weighted by atomic mass is 9.99. The summed E-state index contributed by atoms with van der Waals surface area (Å²) in [6.07, 6.45) is 2.27. The number of amides is 1. The van der Waals surface area contributed by atoms with Crippen molar-refractivity contribution in [2.45, 2.75) is 36.7 Å².